The van der Waals surface area contributed by atoms with E-state index < -0.39 is 23.8 Å². The zero-order valence-corrected chi connectivity index (χ0v) is 16.1. The fourth-order valence-corrected chi connectivity index (χ4v) is 3.06. The third kappa shape index (κ3) is 3.66. The fraction of sp³-hybridized carbons (Fsp3) is 0.250. The number of nitrogens with one attached hydrogen (secondary N) is 2. The van der Waals surface area contributed by atoms with Crippen LogP contribution in [-0.2, 0) is 9.59 Å². The molecule has 3 rings (SSSR count). The third-order valence-electron chi connectivity index (χ3n) is 4.77. The van der Waals surface area contributed by atoms with Gasteiger partial charge in [-0.05, 0) is 61.7 Å². The van der Waals surface area contributed by atoms with E-state index in [1.54, 1.807) is 37.3 Å². The van der Waals surface area contributed by atoms with Crippen LogP contribution in [0.25, 0.3) is 0 Å². The number of halogens is 1. The van der Waals surface area contributed by atoms with Crippen LogP contribution in [-0.4, -0.2) is 24.4 Å². The monoisotopic (exact) mass is 385 g/mol. The smallest absolute Gasteiger partial charge is 0.328 e. The summed E-state index contributed by atoms with van der Waals surface area (Å²) in [7, 11) is 0. The molecule has 4 amide bonds. The van der Waals surface area contributed by atoms with Crippen molar-refractivity contribution in [2.45, 2.75) is 20.8 Å². The summed E-state index contributed by atoms with van der Waals surface area (Å²) in [5.41, 5.74) is 3.70. The lowest BCUT2D eigenvalue weighted by Gasteiger charge is -2.31. The van der Waals surface area contributed by atoms with E-state index in [2.05, 4.69) is 10.6 Å². The molecule has 0 bridgehead atoms. The number of carbonyl (C=O) groups is 3. The summed E-state index contributed by atoms with van der Waals surface area (Å²) in [5.74, 6) is -2.07. The van der Waals surface area contributed by atoms with Crippen LogP contribution in [0.5, 0.6) is 0 Å². The summed E-state index contributed by atoms with van der Waals surface area (Å²) in [6, 6.07) is 9.91. The standard InChI is InChI=1S/C20H20ClN3O3/c1-11-7-8-14(9-12(11)2)24-19(26)15(10-22-20(24)27)18(25)23-17-6-4-5-16(21)13(17)3/h4-9,15H,10H2,1-3H3,(H,22,27)(H,23,25). The van der Waals surface area contributed by atoms with E-state index in [0.29, 0.717) is 22.0 Å². The van der Waals surface area contributed by atoms with Gasteiger partial charge < -0.3 is 10.6 Å². The quantitative estimate of drug-likeness (QED) is 0.792. The van der Waals surface area contributed by atoms with E-state index >= 15 is 0 Å². The summed E-state index contributed by atoms with van der Waals surface area (Å²) in [6.07, 6.45) is 0. The molecule has 1 heterocycles. The van der Waals surface area contributed by atoms with E-state index in [1.807, 2.05) is 19.9 Å². The van der Waals surface area contributed by atoms with Crippen LogP contribution < -0.4 is 15.5 Å². The normalized spacial score (nSPS) is 16.9. The van der Waals surface area contributed by atoms with Gasteiger partial charge in [-0.15, -0.1) is 0 Å². The zero-order chi connectivity index (χ0) is 19.7. The van der Waals surface area contributed by atoms with E-state index in [-0.39, 0.29) is 6.54 Å². The molecule has 0 spiro atoms. The Bertz CT molecular complexity index is 942. The zero-order valence-electron chi connectivity index (χ0n) is 15.3. The second-order valence-electron chi connectivity index (χ2n) is 6.58. The van der Waals surface area contributed by atoms with Gasteiger partial charge in [-0.1, -0.05) is 23.7 Å². The molecule has 2 N–H and O–H groups in total. The minimum Gasteiger partial charge on any atom is -0.336 e. The number of amides is 4. The predicted molar refractivity (Wildman–Crippen MR) is 105 cm³/mol. The average Bonchev–Trinajstić information content (AvgIpc) is 2.62. The van der Waals surface area contributed by atoms with Crippen molar-refractivity contribution in [2.75, 3.05) is 16.8 Å². The number of nitrogens with zero attached hydrogens (tertiary/aromatic N) is 1. The molecular weight excluding hydrogens is 366 g/mol. The highest BCUT2D eigenvalue weighted by Gasteiger charge is 2.39. The molecule has 1 aliphatic heterocycles. The molecule has 2 aromatic rings. The Hall–Kier alpha value is -2.86. The van der Waals surface area contributed by atoms with Gasteiger partial charge in [-0.3, -0.25) is 9.59 Å². The van der Waals surface area contributed by atoms with Crippen LogP contribution in [0.1, 0.15) is 16.7 Å². The molecule has 0 saturated carbocycles. The number of hydrogen-bond acceptors (Lipinski definition) is 3. The molecular formula is C20H20ClN3O3. The van der Waals surface area contributed by atoms with Crippen LogP contribution in [0.4, 0.5) is 16.2 Å². The minimum atomic E-state index is -1.03. The summed E-state index contributed by atoms with van der Waals surface area (Å²) in [4.78, 5) is 38.9. The summed E-state index contributed by atoms with van der Waals surface area (Å²) < 4.78 is 0. The van der Waals surface area contributed by atoms with E-state index in [9.17, 15) is 14.4 Å². The number of anilines is 2. The van der Waals surface area contributed by atoms with Gasteiger partial charge in [0.05, 0.1) is 5.69 Å². The maximum Gasteiger partial charge on any atom is 0.328 e. The maximum absolute atomic E-state index is 12.9. The van der Waals surface area contributed by atoms with Crippen molar-refractivity contribution in [3.8, 4) is 0 Å². The second-order valence-corrected chi connectivity index (χ2v) is 6.99. The van der Waals surface area contributed by atoms with Gasteiger partial charge in [-0.2, -0.15) is 0 Å². The first-order valence-corrected chi connectivity index (χ1v) is 8.92. The largest absolute Gasteiger partial charge is 0.336 e. The minimum absolute atomic E-state index is 0.0511. The Morgan fingerprint density at radius 1 is 1.15 bits per heavy atom. The lowest BCUT2D eigenvalue weighted by Crippen LogP contribution is -2.58. The fourth-order valence-electron chi connectivity index (χ4n) is 2.89. The molecule has 27 heavy (non-hydrogen) atoms. The molecule has 0 aromatic heterocycles. The van der Waals surface area contributed by atoms with Crippen molar-refractivity contribution in [3.05, 3.63) is 58.1 Å². The highest BCUT2D eigenvalue weighted by atomic mass is 35.5. The summed E-state index contributed by atoms with van der Waals surface area (Å²) in [5, 5.41) is 5.87. The maximum atomic E-state index is 12.9. The summed E-state index contributed by atoms with van der Waals surface area (Å²) >= 11 is 6.08. The average molecular weight is 386 g/mol. The molecule has 0 radical (unpaired) electrons. The van der Waals surface area contributed by atoms with Crippen LogP contribution in [0, 0.1) is 26.7 Å². The molecule has 6 nitrogen and oxygen atoms in total. The Balaban J connectivity index is 1.85. The molecule has 1 aliphatic rings. The van der Waals surface area contributed by atoms with Crippen LogP contribution in [0.15, 0.2) is 36.4 Å². The molecule has 7 heteroatoms. The van der Waals surface area contributed by atoms with Gasteiger partial charge in [0.2, 0.25) is 11.8 Å². The van der Waals surface area contributed by atoms with Gasteiger partial charge in [-0.25, -0.2) is 9.69 Å². The first kappa shape index (κ1) is 18.9. The Morgan fingerprint density at radius 3 is 2.59 bits per heavy atom. The lowest BCUT2D eigenvalue weighted by molar-refractivity contribution is -0.130. The third-order valence-corrected chi connectivity index (χ3v) is 5.18. The van der Waals surface area contributed by atoms with Gasteiger partial charge in [0.25, 0.3) is 0 Å². The number of benzene rings is 2. The number of urea groups is 1. The Morgan fingerprint density at radius 2 is 1.89 bits per heavy atom. The number of imide groups is 1. The van der Waals surface area contributed by atoms with Crippen molar-refractivity contribution >= 4 is 40.8 Å². The molecule has 0 aliphatic carbocycles. The van der Waals surface area contributed by atoms with Gasteiger partial charge in [0, 0.05) is 17.3 Å². The summed E-state index contributed by atoms with van der Waals surface area (Å²) in [6.45, 7) is 5.58. The number of carbonyl (C=O) groups excluding carboxylic acids is 3. The predicted octanol–water partition coefficient (Wildman–Crippen LogP) is 3.58. The van der Waals surface area contributed by atoms with Crippen molar-refractivity contribution < 1.29 is 14.4 Å². The highest BCUT2D eigenvalue weighted by Crippen LogP contribution is 2.26. The van der Waals surface area contributed by atoms with Gasteiger partial charge >= 0.3 is 6.03 Å². The SMILES string of the molecule is Cc1ccc(N2C(=O)NCC(C(=O)Nc3cccc(Cl)c3C)C2=O)cc1C. The van der Waals surface area contributed by atoms with Gasteiger partial charge in [0.1, 0.15) is 5.92 Å². The van der Waals surface area contributed by atoms with Gasteiger partial charge in [0.15, 0.2) is 0 Å². The van der Waals surface area contributed by atoms with Crippen molar-refractivity contribution in [1.29, 1.82) is 0 Å². The topological polar surface area (TPSA) is 78.5 Å². The van der Waals surface area contributed by atoms with Crippen LogP contribution >= 0.6 is 11.6 Å². The van der Waals surface area contributed by atoms with Crippen LogP contribution in [0.3, 0.4) is 0 Å². The number of rotatable bonds is 3. The highest BCUT2D eigenvalue weighted by molar-refractivity contribution is 6.32. The lowest BCUT2D eigenvalue weighted by atomic mass is 10.0. The second kappa shape index (κ2) is 7.40. The first-order chi connectivity index (χ1) is 12.8. The molecule has 1 saturated heterocycles. The molecule has 1 unspecified atom stereocenters. The molecule has 1 fully saturated rings. The Labute approximate surface area is 162 Å². The molecule has 1 atom stereocenters. The molecule has 140 valence electrons. The van der Waals surface area contributed by atoms with Crippen molar-refractivity contribution in [3.63, 3.8) is 0 Å². The first-order valence-electron chi connectivity index (χ1n) is 8.54. The van der Waals surface area contributed by atoms with Crippen molar-refractivity contribution in [2.24, 2.45) is 5.92 Å². The Kier molecular flexibility index (Phi) is 5.19. The van der Waals surface area contributed by atoms with Crippen molar-refractivity contribution in [1.82, 2.24) is 5.32 Å². The molecule has 2 aromatic carbocycles. The number of aryl methyl sites for hydroxylation is 2. The van der Waals surface area contributed by atoms with Crippen LogP contribution in [0.2, 0.25) is 5.02 Å². The van der Waals surface area contributed by atoms with E-state index in [1.165, 1.54) is 0 Å². The van der Waals surface area contributed by atoms with E-state index in [0.717, 1.165) is 16.0 Å². The van der Waals surface area contributed by atoms with E-state index in [4.69, 9.17) is 11.6 Å². The number of hydrogen-bond donors (Lipinski definition) is 2.